The van der Waals surface area contributed by atoms with Crippen molar-refractivity contribution in [1.29, 1.82) is 0 Å². The van der Waals surface area contributed by atoms with Crippen molar-refractivity contribution in [3.63, 3.8) is 0 Å². The lowest BCUT2D eigenvalue weighted by molar-refractivity contribution is -0.114. The van der Waals surface area contributed by atoms with Crippen molar-refractivity contribution in [2.75, 3.05) is 22.4 Å². The Morgan fingerprint density at radius 1 is 1.03 bits per heavy atom. The van der Waals surface area contributed by atoms with Crippen LogP contribution in [0.1, 0.15) is 5.56 Å². The van der Waals surface area contributed by atoms with E-state index in [1.54, 1.807) is 43.0 Å². The predicted octanol–water partition coefficient (Wildman–Crippen LogP) is 5.20. The molecule has 156 valence electrons. The molecule has 0 unspecified atom stereocenters. The SMILES string of the molecule is CSc1cccc(NC(=O)CN(c2ccccc2C)S(=O)(=O)c2ccc(Cl)cc2)c1. The summed E-state index contributed by atoms with van der Waals surface area (Å²) in [5, 5.41) is 3.22. The highest BCUT2D eigenvalue weighted by atomic mass is 35.5. The summed E-state index contributed by atoms with van der Waals surface area (Å²) in [6, 6.07) is 20.3. The lowest BCUT2D eigenvalue weighted by Gasteiger charge is -2.25. The summed E-state index contributed by atoms with van der Waals surface area (Å²) < 4.78 is 27.9. The van der Waals surface area contributed by atoms with Crippen LogP contribution in [0.25, 0.3) is 0 Å². The molecule has 3 aromatic rings. The standard InChI is InChI=1S/C22H21ClN2O3S2/c1-16-6-3-4-9-21(16)25(30(27,28)20-12-10-17(23)11-13-20)15-22(26)24-18-7-5-8-19(14-18)29-2/h3-14H,15H2,1-2H3,(H,24,26). The lowest BCUT2D eigenvalue weighted by Crippen LogP contribution is -2.38. The molecular weight excluding hydrogens is 440 g/mol. The van der Waals surface area contributed by atoms with Gasteiger partial charge in [0.1, 0.15) is 6.54 Å². The first-order chi connectivity index (χ1) is 14.3. The van der Waals surface area contributed by atoms with Gasteiger partial charge in [-0.25, -0.2) is 8.42 Å². The van der Waals surface area contributed by atoms with Crippen molar-refractivity contribution in [2.24, 2.45) is 0 Å². The average Bonchev–Trinajstić information content (AvgIpc) is 2.73. The number of carbonyl (C=O) groups excluding carboxylic acids is 1. The molecule has 0 radical (unpaired) electrons. The molecule has 0 spiro atoms. The molecule has 5 nitrogen and oxygen atoms in total. The van der Waals surface area contributed by atoms with Crippen molar-refractivity contribution in [1.82, 2.24) is 0 Å². The number of halogens is 1. The third-order valence-electron chi connectivity index (χ3n) is 4.43. The summed E-state index contributed by atoms with van der Waals surface area (Å²) >= 11 is 7.47. The van der Waals surface area contributed by atoms with Crippen molar-refractivity contribution in [3.8, 4) is 0 Å². The molecule has 0 heterocycles. The molecule has 0 saturated heterocycles. The molecule has 1 amide bonds. The number of nitrogens with zero attached hydrogens (tertiary/aromatic N) is 1. The summed E-state index contributed by atoms with van der Waals surface area (Å²) in [5.74, 6) is -0.436. The van der Waals surface area contributed by atoms with Crippen molar-refractivity contribution in [2.45, 2.75) is 16.7 Å². The van der Waals surface area contributed by atoms with Crippen LogP contribution < -0.4 is 9.62 Å². The number of hydrogen-bond donors (Lipinski definition) is 1. The van der Waals surface area contributed by atoms with E-state index in [-0.39, 0.29) is 11.4 Å². The maximum absolute atomic E-state index is 13.4. The van der Waals surface area contributed by atoms with Gasteiger partial charge in [0, 0.05) is 15.6 Å². The summed E-state index contributed by atoms with van der Waals surface area (Å²) in [7, 11) is -3.98. The van der Waals surface area contributed by atoms with Crippen LogP contribution in [0.15, 0.2) is 82.6 Å². The van der Waals surface area contributed by atoms with Gasteiger partial charge in [-0.1, -0.05) is 35.9 Å². The first-order valence-electron chi connectivity index (χ1n) is 9.09. The molecule has 8 heteroatoms. The fourth-order valence-electron chi connectivity index (χ4n) is 2.91. The smallest absolute Gasteiger partial charge is 0.264 e. The van der Waals surface area contributed by atoms with Gasteiger partial charge in [0.25, 0.3) is 10.0 Å². The highest BCUT2D eigenvalue weighted by Crippen LogP contribution is 2.27. The Kier molecular flexibility index (Phi) is 7.07. The molecule has 0 fully saturated rings. The minimum Gasteiger partial charge on any atom is -0.324 e. The van der Waals surface area contributed by atoms with Gasteiger partial charge in [-0.15, -0.1) is 11.8 Å². The van der Waals surface area contributed by atoms with E-state index in [0.29, 0.717) is 16.4 Å². The molecular formula is C22H21ClN2O3S2. The van der Waals surface area contributed by atoms with E-state index in [0.717, 1.165) is 14.8 Å². The molecule has 3 rings (SSSR count). The summed E-state index contributed by atoms with van der Waals surface area (Å²) in [4.78, 5) is 13.9. The highest BCUT2D eigenvalue weighted by molar-refractivity contribution is 7.98. The topological polar surface area (TPSA) is 66.5 Å². The van der Waals surface area contributed by atoms with E-state index in [2.05, 4.69) is 5.32 Å². The Hall–Kier alpha value is -2.48. The van der Waals surface area contributed by atoms with Crippen molar-refractivity contribution in [3.05, 3.63) is 83.4 Å². The zero-order valence-corrected chi connectivity index (χ0v) is 18.9. The third-order valence-corrected chi connectivity index (χ3v) is 7.18. The molecule has 0 aromatic heterocycles. The van der Waals surface area contributed by atoms with Crippen LogP contribution in [0.2, 0.25) is 5.02 Å². The number of amides is 1. The summed E-state index contributed by atoms with van der Waals surface area (Å²) in [5.41, 5.74) is 1.80. The zero-order chi connectivity index (χ0) is 21.7. The van der Waals surface area contributed by atoms with Crippen LogP contribution >= 0.6 is 23.4 Å². The Morgan fingerprint density at radius 2 is 1.73 bits per heavy atom. The van der Waals surface area contributed by atoms with E-state index in [9.17, 15) is 13.2 Å². The zero-order valence-electron chi connectivity index (χ0n) is 16.5. The van der Waals surface area contributed by atoms with Gasteiger partial charge in [0.2, 0.25) is 5.91 Å². The number of benzene rings is 3. The van der Waals surface area contributed by atoms with Crippen molar-refractivity contribution < 1.29 is 13.2 Å². The number of carbonyl (C=O) groups is 1. The van der Waals surface area contributed by atoms with Crippen LogP contribution in [0.5, 0.6) is 0 Å². The van der Waals surface area contributed by atoms with Crippen LogP contribution in [0.4, 0.5) is 11.4 Å². The predicted molar refractivity (Wildman–Crippen MR) is 124 cm³/mol. The average molecular weight is 461 g/mol. The monoisotopic (exact) mass is 460 g/mol. The molecule has 0 aliphatic rings. The van der Waals surface area contributed by atoms with Crippen LogP contribution in [-0.2, 0) is 14.8 Å². The third kappa shape index (κ3) is 5.16. The van der Waals surface area contributed by atoms with Crippen LogP contribution in [0.3, 0.4) is 0 Å². The van der Waals surface area contributed by atoms with Gasteiger partial charge < -0.3 is 5.32 Å². The van der Waals surface area contributed by atoms with Crippen LogP contribution in [-0.4, -0.2) is 27.1 Å². The molecule has 30 heavy (non-hydrogen) atoms. The second kappa shape index (κ2) is 9.55. The first-order valence-corrected chi connectivity index (χ1v) is 12.1. The number of para-hydroxylation sites is 1. The minimum atomic E-state index is -3.98. The Bertz CT molecular complexity index is 1150. The van der Waals surface area contributed by atoms with E-state index < -0.39 is 15.9 Å². The molecule has 0 atom stereocenters. The largest absolute Gasteiger partial charge is 0.324 e. The van der Waals surface area contributed by atoms with E-state index >= 15 is 0 Å². The molecule has 0 bridgehead atoms. The van der Waals surface area contributed by atoms with Crippen LogP contribution in [0, 0.1) is 6.92 Å². The van der Waals surface area contributed by atoms with E-state index in [1.165, 1.54) is 24.3 Å². The van der Waals surface area contributed by atoms with Crippen molar-refractivity contribution >= 4 is 50.7 Å². The molecule has 0 saturated carbocycles. The summed E-state index contributed by atoms with van der Waals surface area (Å²) in [6.45, 7) is 1.44. The van der Waals surface area contributed by atoms with Gasteiger partial charge in [-0.05, 0) is 67.3 Å². The second-order valence-electron chi connectivity index (χ2n) is 6.53. The number of anilines is 2. The molecule has 0 aliphatic carbocycles. The first kappa shape index (κ1) is 22.2. The second-order valence-corrected chi connectivity index (χ2v) is 9.71. The number of rotatable bonds is 7. The minimum absolute atomic E-state index is 0.0623. The fraction of sp³-hybridized carbons (Fsp3) is 0.136. The number of sulfonamides is 1. The number of hydrogen-bond acceptors (Lipinski definition) is 4. The number of thioether (sulfide) groups is 1. The Morgan fingerprint density at radius 3 is 2.40 bits per heavy atom. The molecule has 3 aromatic carbocycles. The Balaban J connectivity index is 1.95. The Labute approximate surface area is 186 Å². The lowest BCUT2D eigenvalue weighted by atomic mass is 10.2. The van der Waals surface area contributed by atoms with Gasteiger partial charge in [0.05, 0.1) is 10.6 Å². The van der Waals surface area contributed by atoms with Gasteiger partial charge in [-0.2, -0.15) is 0 Å². The number of aryl methyl sites for hydroxylation is 1. The summed E-state index contributed by atoms with van der Waals surface area (Å²) in [6.07, 6.45) is 1.94. The maximum atomic E-state index is 13.4. The van der Waals surface area contributed by atoms with Gasteiger partial charge in [-0.3, -0.25) is 9.10 Å². The normalized spacial score (nSPS) is 11.2. The number of nitrogens with one attached hydrogen (secondary N) is 1. The molecule has 0 aliphatic heterocycles. The molecule has 1 N–H and O–H groups in total. The fourth-order valence-corrected chi connectivity index (χ4v) is 4.98. The van der Waals surface area contributed by atoms with Gasteiger partial charge >= 0.3 is 0 Å². The highest BCUT2D eigenvalue weighted by Gasteiger charge is 2.28. The van der Waals surface area contributed by atoms with E-state index in [4.69, 9.17) is 11.6 Å². The quantitative estimate of drug-likeness (QED) is 0.492. The van der Waals surface area contributed by atoms with E-state index in [1.807, 2.05) is 30.5 Å². The maximum Gasteiger partial charge on any atom is 0.264 e. The van der Waals surface area contributed by atoms with Gasteiger partial charge in [0.15, 0.2) is 0 Å².